The SMILES string of the molecule is Cc1nc(-c2cnc(NC(C)C)nc2)n(CC(F)(F)F)n1. The molecule has 0 aliphatic heterocycles. The van der Waals surface area contributed by atoms with E-state index >= 15 is 0 Å². The third-order valence-corrected chi connectivity index (χ3v) is 2.43. The van der Waals surface area contributed by atoms with E-state index < -0.39 is 12.7 Å². The van der Waals surface area contributed by atoms with Crippen molar-refractivity contribution < 1.29 is 13.2 Å². The van der Waals surface area contributed by atoms with Gasteiger partial charge in [-0.05, 0) is 20.8 Å². The second-order valence-corrected chi connectivity index (χ2v) is 4.85. The first-order chi connectivity index (χ1) is 9.74. The third-order valence-electron chi connectivity index (χ3n) is 2.43. The molecule has 0 radical (unpaired) electrons. The Labute approximate surface area is 119 Å². The molecule has 114 valence electrons. The van der Waals surface area contributed by atoms with Crippen molar-refractivity contribution >= 4 is 5.95 Å². The maximum Gasteiger partial charge on any atom is 0.408 e. The third kappa shape index (κ3) is 4.14. The van der Waals surface area contributed by atoms with Crippen LogP contribution >= 0.6 is 0 Å². The summed E-state index contributed by atoms with van der Waals surface area (Å²) in [5.41, 5.74) is 0.383. The maximum absolute atomic E-state index is 12.5. The van der Waals surface area contributed by atoms with Gasteiger partial charge in [0, 0.05) is 18.4 Å². The lowest BCUT2D eigenvalue weighted by molar-refractivity contribution is -0.142. The summed E-state index contributed by atoms with van der Waals surface area (Å²) in [6, 6.07) is 0.159. The minimum atomic E-state index is -4.37. The Hall–Kier alpha value is -2.19. The van der Waals surface area contributed by atoms with Gasteiger partial charge in [-0.2, -0.15) is 18.3 Å². The molecule has 2 aromatic heterocycles. The lowest BCUT2D eigenvalue weighted by Crippen LogP contribution is -2.19. The first kappa shape index (κ1) is 15.2. The molecule has 0 aromatic carbocycles. The van der Waals surface area contributed by atoms with E-state index in [4.69, 9.17) is 0 Å². The number of nitrogens with one attached hydrogen (secondary N) is 1. The van der Waals surface area contributed by atoms with Crippen molar-refractivity contribution in [3.63, 3.8) is 0 Å². The van der Waals surface area contributed by atoms with E-state index in [1.165, 1.54) is 19.3 Å². The fraction of sp³-hybridized carbons (Fsp3) is 0.500. The molecule has 2 aromatic rings. The fourth-order valence-electron chi connectivity index (χ4n) is 1.73. The van der Waals surface area contributed by atoms with Crippen molar-refractivity contribution in [3.05, 3.63) is 18.2 Å². The molecule has 2 rings (SSSR count). The number of aryl methyl sites for hydroxylation is 1. The number of hydrogen-bond donors (Lipinski definition) is 1. The number of anilines is 1. The summed E-state index contributed by atoms with van der Waals surface area (Å²) in [5, 5.41) is 6.75. The summed E-state index contributed by atoms with van der Waals surface area (Å²) in [4.78, 5) is 12.1. The van der Waals surface area contributed by atoms with Crippen LogP contribution in [-0.2, 0) is 6.54 Å². The summed E-state index contributed by atoms with van der Waals surface area (Å²) < 4.78 is 38.4. The highest BCUT2D eigenvalue weighted by molar-refractivity contribution is 5.53. The lowest BCUT2D eigenvalue weighted by Gasteiger charge is -2.10. The van der Waals surface area contributed by atoms with Gasteiger partial charge in [0.1, 0.15) is 12.4 Å². The van der Waals surface area contributed by atoms with Gasteiger partial charge >= 0.3 is 6.18 Å². The number of nitrogens with zero attached hydrogens (tertiary/aromatic N) is 5. The molecule has 0 amide bonds. The van der Waals surface area contributed by atoms with Crippen molar-refractivity contribution in [2.45, 2.75) is 39.5 Å². The Morgan fingerprint density at radius 3 is 2.38 bits per heavy atom. The Kier molecular flexibility index (Phi) is 4.10. The van der Waals surface area contributed by atoms with Gasteiger partial charge in [0.25, 0.3) is 0 Å². The van der Waals surface area contributed by atoms with Crippen molar-refractivity contribution in [1.82, 2.24) is 24.7 Å². The second-order valence-electron chi connectivity index (χ2n) is 4.85. The maximum atomic E-state index is 12.5. The van der Waals surface area contributed by atoms with E-state index in [0.29, 0.717) is 11.5 Å². The van der Waals surface area contributed by atoms with E-state index in [0.717, 1.165) is 4.68 Å². The van der Waals surface area contributed by atoms with Crippen LogP contribution in [0.25, 0.3) is 11.4 Å². The summed E-state index contributed by atoms with van der Waals surface area (Å²) in [6.45, 7) is 4.20. The minimum Gasteiger partial charge on any atom is -0.352 e. The van der Waals surface area contributed by atoms with Crippen molar-refractivity contribution in [1.29, 1.82) is 0 Å². The molecule has 2 heterocycles. The number of aromatic nitrogens is 5. The Morgan fingerprint density at radius 1 is 1.24 bits per heavy atom. The van der Waals surface area contributed by atoms with E-state index in [1.807, 2.05) is 13.8 Å². The summed E-state index contributed by atoms with van der Waals surface area (Å²) >= 11 is 0. The second kappa shape index (κ2) is 5.66. The van der Waals surface area contributed by atoms with Crippen LogP contribution in [0.5, 0.6) is 0 Å². The molecule has 0 unspecified atom stereocenters. The van der Waals surface area contributed by atoms with Gasteiger partial charge in [-0.3, -0.25) is 0 Å². The molecule has 0 aliphatic rings. The van der Waals surface area contributed by atoms with Gasteiger partial charge < -0.3 is 5.32 Å². The zero-order chi connectivity index (χ0) is 15.6. The summed E-state index contributed by atoms with van der Waals surface area (Å²) in [5.74, 6) is 0.770. The smallest absolute Gasteiger partial charge is 0.352 e. The molecular formula is C12H15F3N6. The molecule has 0 saturated carbocycles. The molecule has 0 spiro atoms. The highest BCUT2D eigenvalue weighted by Gasteiger charge is 2.30. The van der Waals surface area contributed by atoms with Crippen LogP contribution in [0.15, 0.2) is 12.4 Å². The van der Waals surface area contributed by atoms with Crippen LogP contribution in [0, 0.1) is 6.92 Å². The molecule has 0 aliphatic carbocycles. The van der Waals surface area contributed by atoms with Gasteiger partial charge in [0.05, 0.1) is 5.56 Å². The minimum absolute atomic E-state index is 0.0981. The number of rotatable bonds is 4. The van der Waals surface area contributed by atoms with Crippen LogP contribution in [-0.4, -0.2) is 37.0 Å². The average Bonchev–Trinajstić information content (AvgIpc) is 2.68. The van der Waals surface area contributed by atoms with E-state index in [9.17, 15) is 13.2 Å². The molecule has 0 bridgehead atoms. The van der Waals surface area contributed by atoms with Gasteiger partial charge in [0.2, 0.25) is 5.95 Å². The van der Waals surface area contributed by atoms with E-state index in [-0.39, 0.29) is 17.7 Å². The van der Waals surface area contributed by atoms with Crippen molar-refractivity contribution in [3.8, 4) is 11.4 Å². The quantitative estimate of drug-likeness (QED) is 0.939. The standard InChI is InChI=1S/C12H15F3N6/c1-7(2)18-11-16-4-9(5-17-11)10-19-8(3)20-21(10)6-12(13,14)15/h4-5,7H,6H2,1-3H3,(H,16,17,18). The van der Waals surface area contributed by atoms with E-state index in [2.05, 4.69) is 25.4 Å². The lowest BCUT2D eigenvalue weighted by atomic mass is 10.3. The summed E-state index contributed by atoms with van der Waals surface area (Å²) in [6.07, 6.45) is -1.52. The molecule has 0 atom stereocenters. The first-order valence-electron chi connectivity index (χ1n) is 6.32. The van der Waals surface area contributed by atoms with Gasteiger partial charge in [-0.25, -0.2) is 19.6 Å². The topological polar surface area (TPSA) is 68.5 Å². The molecule has 1 N–H and O–H groups in total. The Balaban J connectivity index is 2.29. The van der Waals surface area contributed by atoms with E-state index in [1.54, 1.807) is 0 Å². The number of alkyl halides is 3. The Morgan fingerprint density at radius 2 is 1.86 bits per heavy atom. The fourth-order valence-corrected chi connectivity index (χ4v) is 1.73. The largest absolute Gasteiger partial charge is 0.408 e. The monoisotopic (exact) mass is 300 g/mol. The highest BCUT2D eigenvalue weighted by Crippen LogP contribution is 2.22. The van der Waals surface area contributed by atoms with Crippen LogP contribution in [0.4, 0.5) is 19.1 Å². The van der Waals surface area contributed by atoms with Crippen LogP contribution in [0.2, 0.25) is 0 Å². The zero-order valence-corrected chi connectivity index (χ0v) is 11.8. The Bertz CT molecular complexity index is 602. The normalized spacial score (nSPS) is 12.0. The van der Waals surface area contributed by atoms with Crippen LogP contribution in [0.3, 0.4) is 0 Å². The predicted octanol–water partition coefficient (Wildman–Crippen LogP) is 2.43. The molecule has 0 saturated heterocycles. The number of halogens is 3. The van der Waals surface area contributed by atoms with Gasteiger partial charge in [-0.1, -0.05) is 0 Å². The molecular weight excluding hydrogens is 285 g/mol. The van der Waals surface area contributed by atoms with Crippen LogP contribution in [0.1, 0.15) is 19.7 Å². The highest BCUT2D eigenvalue weighted by atomic mass is 19.4. The number of hydrogen-bond acceptors (Lipinski definition) is 5. The van der Waals surface area contributed by atoms with Crippen LogP contribution < -0.4 is 5.32 Å². The zero-order valence-electron chi connectivity index (χ0n) is 11.8. The molecule has 21 heavy (non-hydrogen) atoms. The average molecular weight is 300 g/mol. The predicted molar refractivity (Wildman–Crippen MR) is 70.6 cm³/mol. The molecule has 6 nitrogen and oxygen atoms in total. The first-order valence-corrected chi connectivity index (χ1v) is 6.32. The molecule has 0 fully saturated rings. The van der Waals surface area contributed by atoms with Crippen molar-refractivity contribution in [2.75, 3.05) is 5.32 Å². The van der Waals surface area contributed by atoms with Gasteiger partial charge in [0.15, 0.2) is 5.82 Å². The molecule has 9 heteroatoms. The van der Waals surface area contributed by atoms with Crippen molar-refractivity contribution in [2.24, 2.45) is 0 Å². The van der Waals surface area contributed by atoms with Gasteiger partial charge in [-0.15, -0.1) is 0 Å². The summed E-state index contributed by atoms with van der Waals surface area (Å²) in [7, 11) is 0.